The number of hydrogen-bond donors (Lipinski definition) is 3. The molecule has 0 spiro atoms. The first kappa shape index (κ1) is 25.2. The third-order valence-electron chi connectivity index (χ3n) is 5.27. The maximum atomic E-state index is 12.3. The van der Waals surface area contributed by atoms with Crippen LogP contribution in [-0.2, 0) is 20.9 Å². The van der Waals surface area contributed by atoms with Crippen molar-refractivity contribution < 1.29 is 19.1 Å². The van der Waals surface area contributed by atoms with Crippen LogP contribution in [0.15, 0.2) is 71.8 Å². The van der Waals surface area contributed by atoms with Gasteiger partial charge in [0.05, 0.1) is 6.21 Å². The van der Waals surface area contributed by atoms with Gasteiger partial charge in [0.2, 0.25) is 0 Å². The Labute approximate surface area is 204 Å². The molecular formula is C27H28N4O4. The van der Waals surface area contributed by atoms with Gasteiger partial charge in [-0.2, -0.15) is 5.10 Å². The number of amides is 3. The summed E-state index contributed by atoms with van der Waals surface area (Å²) < 4.78 is 5.57. The average Bonchev–Trinajstić information content (AvgIpc) is 2.85. The van der Waals surface area contributed by atoms with Gasteiger partial charge >= 0.3 is 11.8 Å². The third kappa shape index (κ3) is 7.82. The molecule has 0 bridgehead atoms. The van der Waals surface area contributed by atoms with Crippen molar-refractivity contribution in [1.82, 2.24) is 10.7 Å². The van der Waals surface area contributed by atoms with Gasteiger partial charge in [-0.1, -0.05) is 54.1 Å². The third-order valence-corrected chi connectivity index (χ3v) is 5.27. The van der Waals surface area contributed by atoms with Gasteiger partial charge < -0.3 is 15.4 Å². The summed E-state index contributed by atoms with van der Waals surface area (Å²) in [5, 5.41) is 9.20. The number of ether oxygens (including phenoxy) is 1. The second-order valence-corrected chi connectivity index (χ2v) is 8.02. The summed E-state index contributed by atoms with van der Waals surface area (Å²) in [6.07, 6.45) is 1.38. The van der Waals surface area contributed by atoms with Gasteiger partial charge in [-0.05, 0) is 61.2 Å². The van der Waals surface area contributed by atoms with Crippen LogP contribution in [0.4, 0.5) is 5.69 Å². The first-order chi connectivity index (χ1) is 16.8. The van der Waals surface area contributed by atoms with Crippen molar-refractivity contribution in [2.75, 3.05) is 11.9 Å². The van der Waals surface area contributed by atoms with Crippen LogP contribution in [0.3, 0.4) is 0 Å². The van der Waals surface area contributed by atoms with Gasteiger partial charge in [0, 0.05) is 12.2 Å². The average molecular weight is 473 g/mol. The summed E-state index contributed by atoms with van der Waals surface area (Å²) in [5.74, 6) is -1.47. The van der Waals surface area contributed by atoms with E-state index < -0.39 is 11.8 Å². The van der Waals surface area contributed by atoms with E-state index in [4.69, 9.17) is 4.74 Å². The number of hydrogen-bond acceptors (Lipinski definition) is 5. The molecule has 3 amide bonds. The second-order valence-electron chi connectivity index (χ2n) is 8.02. The monoisotopic (exact) mass is 472 g/mol. The number of nitrogens with one attached hydrogen (secondary N) is 3. The molecule has 0 aliphatic carbocycles. The predicted molar refractivity (Wildman–Crippen MR) is 135 cm³/mol. The number of carbonyl (C=O) groups is 3. The molecule has 0 unspecified atom stereocenters. The first-order valence-corrected chi connectivity index (χ1v) is 11.1. The van der Waals surface area contributed by atoms with Crippen LogP contribution in [0, 0.1) is 20.8 Å². The van der Waals surface area contributed by atoms with Crippen LogP contribution >= 0.6 is 0 Å². The fourth-order valence-electron chi connectivity index (χ4n) is 3.09. The minimum absolute atomic E-state index is 0.161. The summed E-state index contributed by atoms with van der Waals surface area (Å²) in [5.41, 5.74) is 7.66. The van der Waals surface area contributed by atoms with E-state index in [1.54, 1.807) is 24.3 Å². The Morgan fingerprint density at radius 2 is 1.66 bits per heavy atom. The Bertz CT molecular complexity index is 1240. The number of hydrazone groups is 1. The SMILES string of the molecule is Cc1ccc(CNC(=O)C(=O)N/N=C\c2cccc(OCC(=O)Nc3cccc(C)c3C)c2)cc1. The molecule has 3 N–H and O–H groups in total. The van der Waals surface area contributed by atoms with Crippen LogP contribution in [0.5, 0.6) is 5.75 Å². The molecule has 8 heteroatoms. The van der Waals surface area contributed by atoms with E-state index in [1.807, 2.05) is 63.2 Å². The molecule has 0 aliphatic heterocycles. The summed E-state index contributed by atoms with van der Waals surface area (Å²) >= 11 is 0. The molecule has 0 atom stereocenters. The molecule has 8 nitrogen and oxygen atoms in total. The molecular weight excluding hydrogens is 444 g/mol. The minimum atomic E-state index is -0.871. The molecule has 35 heavy (non-hydrogen) atoms. The minimum Gasteiger partial charge on any atom is -0.484 e. The molecule has 0 aromatic heterocycles. The van der Waals surface area contributed by atoms with E-state index in [0.29, 0.717) is 11.3 Å². The molecule has 0 heterocycles. The molecule has 0 saturated carbocycles. The summed E-state index contributed by atoms with van der Waals surface area (Å²) in [6.45, 7) is 5.98. The maximum Gasteiger partial charge on any atom is 0.329 e. The van der Waals surface area contributed by atoms with Crippen LogP contribution < -0.4 is 20.8 Å². The quantitative estimate of drug-likeness (QED) is 0.265. The number of anilines is 1. The molecule has 0 fully saturated rings. The van der Waals surface area contributed by atoms with Crippen LogP contribution in [0.2, 0.25) is 0 Å². The Morgan fingerprint density at radius 3 is 2.43 bits per heavy atom. The zero-order valence-corrected chi connectivity index (χ0v) is 19.9. The molecule has 0 aliphatic rings. The molecule has 0 saturated heterocycles. The van der Waals surface area contributed by atoms with Gasteiger partial charge in [0.15, 0.2) is 6.61 Å². The fourth-order valence-corrected chi connectivity index (χ4v) is 3.09. The summed E-state index contributed by atoms with van der Waals surface area (Å²) in [4.78, 5) is 36.1. The number of aryl methyl sites for hydroxylation is 2. The summed E-state index contributed by atoms with van der Waals surface area (Å²) in [7, 11) is 0. The lowest BCUT2D eigenvalue weighted by Gasteiger charge is -2.11. The Morgan fingerprint density at radius 1 is 0.914 bits per heavy atom. The summed E-state index contributed by atoms with van der Waals surface area (Å²) in [6, 6.07) is 20.2. The first-order valence-electron chi connectivity index (χ1n) is 11.1. The van der Waals surface area contributed by atoms with E-state index in [1.165, 1.54) is 6.21 Å². The highest BCUT2D eigenvalue weighted by molar-refractivity contribution is 6.35. The molecule has 3 rings (SSSR count). The lowest BCUT2D eigenvalue weighted by Crippen LogP contribution is -2.37. The van der Waals surface area contributed by atoms with Crippen LogP contribution in [0.25, 0.3) is 0 Å². The van der Waals surface area contributed by atoms with Crippen molar-refractivity contribution >= 4 is 29.6 Å². The van der Waals surface area contributed by atoms with Gasteiger partial charge in [-0.15, -0.1) is 0 Å². The van der Waals surface area contributed by atoms with E-state index in [9.17, 15) is 14.4 Å². The Kier molecular flexibility index (Phi) is 8.72. The normalized spacial score (nSPS) is 10.6. The van der Waals surface area contributed by atoms with Crippen molar-refractivity contribution in [2.24, 2.45) is 5.10 Å². The Hall–Kier alpha value is -4.46. The fraction of sp³-hybridized carbons (Fsp3) is 0.185. The number of benzene rings is 3. The largest absolute Gasteiger partial charge is 0.484 e. The van der Waals surface area contributed by atoms with Gasteiger partial charge in [0.1, 0.15) is 5.75 Å². The van der Waals surface area contributed by atoms with Gasteiger partial charge in [-0.3, -0.25) is 14.4 Å². The van der Waals surface area contributed by atoms with E-state index in [-0.39, 0.29) is 19.1 Å². The molecule has 3 aromatic carbocycles. The Balaban J connectivity index is 1.45. The lowest BCUT2D eigenvalue weighted by atomic mass is 10.1. The van der Waals surface area contributed by atoms with Crippen molar-refractivity contribution in [3.05, 3.63) is 94.5 Å². The van der Waals surface area contributed by atoms with Crippen LogP contribution in [-0.4, -0.2) is 30.5 Å². The predicted octanol–water partition coefficient (Wildman–Crippen LogP) is 3.40. The number of nitrogens with zero attached hydrogens (tertiary/aromatic N) is 1. The lowest BCUT2D eigenvalue weighted by molar-refractivity contribution is -0.139. The topological polar surface area (TPSA) is 109 Å². The highest BCUT2D eigenvalue weighted by Gasteiger charge is 2.12. The highest BCUT2D eigenvalue weighted by atomic mass is 16.5. The molecule has 0 radical (unpaired) electrons. The highest BCUT2D eigenvalue weighted by Crippen LogP contribution is 2.18. The molecule has 180 valence electrons. The van der Waals surface area contributed by atoms with Crippen molar-refractivity contribution in [2.45, 2.75) is 27.3 Å². The van der Waals surface area contributed by atoms with Crippen molar-refractivity contribution in [1.29, 1.82) is 0 Å². The maximum absolute atomic E-state index is 12.3. The number of carbonyl (C=O) groups excluding carboxylic acids is 3. The smallest absolute Gasteiger partial charge is 0.329 e. The van der Waals surface area contributed by atoms with Crippen LogP contribution in [0.1, 0.15) is 27.8 Å². The standard InChI is InChI=1S/C27H28N4O4/c1-18-10-12-21(13-11-18)15-28-26(33)27(34)31-29-16-22-7-5-8-23(14-22)35-17-25(32)30-24-9-4-6-19(2)20(24)3/h4-14,16H,15,17H2,1-3H3,(H,28,33)(H,30,32)(H,31,34)/b29-16-. The van der Waals surface area contributed by atoms with Crippen molar-refractivity contribution in [3.8, 4) is 5.75 Å². The van der Waals surface area contributed by atoms with Gasteiger partial charge in [0.25, 0.3) is 5.91 Å². The van der Waals surface area contributed by atoms with E-state index in [0.717, 1.165) is 27.9 Å². The van der Waals surface area contributed by atoms with Gasteiger partial charge in [-0.25, -0.2) is 5.43 Å². The number of rotatable bonds is 8. The zero-order valence-electron chi connectivity index (χ0n) is 19.9. The second kappa shape index (κ2) is 12.1. The van der Waals surface area contributed by atoms with E-state index >= 15 is 0 Å². The zero-order chi connectivity index (χ0) is 25.2. The molecule has 3 aromatic rings. The van der Waals surface area contributed by atoms with E-state index in [2.05, 4.69) is 21.2 Å². The van der Waals surface area contributed by atoms with Crippen molar-refractivity contribution in [3.63, 3.8) is 0 Å².